The molecule has 0 aliphatic heterocycles. The molecule has 7 heteroatoms. The van der Waals surface area contributed by atoms with Gasteiger partial charge in [0.2, 0.25) is 0 Å². The van der Waals surface area contributed by atoms with Gasteiger partial charge in [0.1, 0.15) is 0 Å². The van der Waals surface area contributed by atoms with Crippen molar-refractivity contribution in [3.63, 3.8) is 0 Å². The molecule has 0 aliphatic carbocycles. The molecule has 0 unspecified atom stereocenters. The van der Waals surface area contributed by atoms with Crippen molar-refractivity contribution in [1.29, 1.82) is 0 Å². The van der Waals surface area contributed by atoms with Crippen LogP contribution in [-0.4, -0.2) is 17.4 Å². The highest BCUT2D eigenvalue weighted by molar-refractivity contribution is 6.30. The zero-order valence-corrected chi connectivity index (χ0v) is 14.9. The molecule has 0 aliphatic rings. The Morgan fingerprint density at radius 2 is 1.74 bits per heavy atom. The number of hydrogen-bond donors (Lipinski definition) is 2. The van der Waals surface area contributed by atoms with Crippen molar-refractivity contribution in [3.8, 4) is 0 Å². The first-order valence-electron chi connectivity index (χ1n) is 8.21. The van der Waals surface area contributed by atoms with Gasteiger partial charge < -0.3 is 10.6 Å². The predicted octanol–water partition coefficient (Wildman–Crippen LogP) is 4.92. The minimum atomic E-state index is -1.02. The van der Waals surface area contributed by atoms with E-state index in [1.807, 2.05) is 24.3 Å². The molecule has 138 valence electrons. The monoisotopic (exact) mass is 387 g/mol. The molecule has 0 spiro atoms. The Morgan fingerprint density at radius 3 is 2.48 bits per heavy atom. The Kier molecular flexibility index (Phi) is 5.98. The topological polar surface area (TPSA) is 54.0 Å². The standard InChI is InChI=1S/C20H16ClF2N3O/c21-15-3-1-13(2-4-15)7-8-25-17-9-14(11-24-12-17)20(27)26-16-5-6-18(22)19(23)10-16/h1-6,9-12,25H,7-8H2,(H,26,27). The molecule has 3 rings (SSSR count). The molecular weight excluding hydrogens is 372 g/mol. The van der Waals surface area contributed by atoms with E-state index < -0.39 is 17.5 Å². The van der Waals surface area contributed by atoms with Crippen LogP contribution in [0.4, 0.5) is 20.2 Å². The molecule has 3 aromatic rings. The Labute approximate surface area is 160 Å². The van der Waals surface area contributed by atoms with Crippen LogP contribution in [0.1, 0.15) is 15.9 Å². The maximum absolute atomic E-state index is 13.2. The minimum Gasteiger partial charge on any atom is -0.383 e. The summed E-state index contributed by atoms with van der Waals surface area (Å²) in [6.45, 7) is 0.650. The molecule has 0 atom stereocenters. The summed E-state index contributed by atoms with van der Waals surface area (Å²) in [5, 5.41) is 6.40. The van der Waals surface area contributed by atoms with Crippen molar-refractivity contribution in [3.05, 3.63) is 88.7 Å². The van der Waals surface area contributed by atoms with Crippen molar-refractivity contribution in [1.82, 2.24) is 4.98 Å². The van der Waals surface area contributed by atoms with Crippen molar-refractivity contribution < 1.29 is 13.6 Å². The number of aromatic nitrogens is 1. The Bertz CT molecular complexity index is 948. The molecule has 2 N–H and O–H groups in total. The largest absolute Gasteiger partial charge is 0.383 e. The first-order valence-corrected chi connectivity index (χ1v) is 8.59. The highest BCUT2D eigenvalue weighted by Gasteiger charge is 2.09. The minimum absolute atomic E-state index is 0.167. The van der Waals surface area contributed by atoms with Crippen LogP contribution in [0.5, 0.6) is 0 Å². The highest BCUT2D eigenvalue weighted by atomic mass is 35.5. The average Bonchev–Trinajstić information content (AvgIpc) is 2.66. The van der Waals surface area contributed by atoms with Crippen LogP contribution in [0.2, 0.25) is 5.02 Å². The van der Waals surface area contributed by atoms with Crippen LogP contribution in [0.25, 0.3) is 0 Å². The van der Waals surface area contributed by atoms with Crippen molar-refractivity contribution in [2.24, 2.45) is 0 Å². The molecule has 0 fully saturated rings. The van der Waals surface area contributed by atoms with E-state index in [-0.39, 0.29) is 5.69 Å². The van der Waals surface area contributed by atoms with E-state index >= 15 is 0 Å². The van der Waals surface area contributed by atoms with Gasteiger partial charge in [0.25, 0.3) is 5.91 Å². The number of anilines is 2. The molecule has 0 saturated heterocycles. The molecule has 0 bridgehead atoms. The number of halogens is 3. The van der Waals surface area contributed by atoms with Gasteiger partial charge in [0, 0.05) is 35.7 Å². The molecule has 0 saturated carbocycles. The number of benzene rings is 2. The number of pyridine rings is 1. The molecule has 2 aromatic carbocycles. The van der Waals surface area contributed by atoms with Gasteiger partial charge in [-0.05, 0) is 42.3 Å². The van der Waals surface area contributed by atoms with E-state index in [1.54, 1.807) is 12.3 Å². The summed E-state index contributed by atoms with van der Waals surface area (Å²) in [5.74, 6) is -2.46. The fourth-order valence-corrected chi connectivity index (χ4v) is 2.57. The summed E-state index contributed by atoms with van der Waals surface area (Å²) in [6, 6.07) is 12.4. The fourth-order valence-electron chi connectivity index (χ4n) is 2.44. The number of amides is 1. The molecule has 1 heterocycles. The lowest BCUT2D eigenvalue weighted by atomic mass is 10.1. The Hall–Kier alpha value is -2.99. The molecule has 4 nitrogen and oxygen atoms in total. The van der Waals surface area contributed by atoms with Crippen molar-refractivity contribution in [2.45, 2.75) is 6.42 Å². The summed E-state index contributed by atoms with van der Waals surface area (Å²) < 4.78 is 26.2. The van der Waals surface area contributed by atoms with Crippen LogP contribution in [0, 0.1) is 11.6 Å². The summed E-state index contributed by atoms with van der Waals surface area (Å²) in [6.07, 6.45) is 3.79. The second kappa shape index (κ2) is 8.60. The fraction of sp³-hybridized carbons (Fsp3) is 0.100. The van der Waals surface area contributed by atoms with Gasteiger partial charge in [0.15, 0.2) is 11.6 Å². The Morgan fingerprint density at radius 1 is 0.963 bits per heavy atom. The van der Waals surface area contributed by atoms with E-state index in [9.17, 15) is 13.6 Å². The average molecular weight is 388 g/mol. The van der Waals surface area contributed by atoms with E-state index in [0.717, 1.165) is 24.1 Å². The van der Waals surface area contributed by atoms with Crippen LogP contribution < -0.4 is 10.6 Å². The number of nitrogens with one attached hydrogen (secondary N) is 2. The summed E-state index contributed by atoms with van der Waals surface area (Å²) in [5.41, 5.74) is 2.28. The number of nitrogens with zero attached hydrogens (tertiary/aromatic N) is 1. The van der Waals surface area contributed by atoms with Crippen LogP contribution in [0.3, 0.4) is 0 Å². The quantitative estimate of drug-likeness (QED) is 0.631. The van der Waals surface area contributed by atoms with Gasteiger partial charge >= 0.3 is 0 Å². The first kappa shape index (κ1) is 18.8. The van der Waals surface area contributed by atoms with Crippen molar-refractivity contribution >= 4 is 28.9 Å². The second-order valence-electron chi connectivity index (χ2n) is 5.85. The zero-order valence-electron chi connectivity index (χ0n) is 14.2. The summed E-state index contributed by atoms with van der Waals surface area (Å²) >= 11 is 5.86. The van der Waals surface area contributed by atoms with Gasteiger partial charge in [-0.1, -0.05) is 23.7 Å². The summed E-state index contributed by atoms with van der Waals surface area (Å²) in [4.78, 5) is 16.3. The van der Waals surface area contributed by atoms with Gasteiger partial charge in [-0.25, -0.2) is 8.78 Å². The molecule has 27 heavy (non-hydrogen) atoms. The third-order valence-corrected chi connectivity index (χ3v) is 4.09. The van der Waals surface area contributed by atoms with E-state index in [1.165, 1.54) is 12.3 Å². The van der Waals surface area contributed by atoms with Crippen LogP contribution in [-0.2, 0) is 6.42 Å². The lowest BCUT2D eigenvalue weighted by Crippen LogP contribution is -2.13. The lowest BCUT2D eigenvalue weighted by Gasteiger charge is -2.09. The number of carbonyl (C=O) groups is 1. The number of carbonyl (C=O) groups excluding carboxylic acids is 1. The third-order valence-electron chi connectivity index (χ3n) is 3.83. The van der Waals surface area contributed by atoms with Gasteiger partial charge in [-0.2, -0.15) is 0 Å². The Balaban J connectivity index is 1.59. The smallest absolute Gasteiger partial charge is 0.257 e. The maximum Gasteiger partial charge on any atom is 0.257 e. The lowest BCUT2D eigenvalue weighted by molar-refractivity contribution is 0.102. The first-order chi connectivity index (χ1) is 13.0. The molecule has 1 amide bonds. The number of rotatable bonds is 6. The van der Waals surface area contributed by atoms with Gasteiger partial charge in [-0.3, -0.25) is 9.78 Å². The SMILES string of the molecule is O=C(Nc1ccc(F)c(F)c1)c1cncc(NCCc2ccc(Cl)cc2)c1. The third kappa shape index (κ3) is 5.24. The number of hydrogen-bond acceptors (Lipinski definition) is 3. The second-order valence-corrected chi connectivity index (χ2v) is 6.28. The van der Waals surface area contributed by atoms with E-state index in [0.29, 0.717) is 22.8 Å². The van der Waals surface area contributed by atoms with Crippen LogP contribution >= 0.6 is 11.6 Å². The predicted molar refractivity (Wildman–Crippen MR) is 102 cm³/mol. The molecule has 0 radical (unpaired) electrons. The molecule has 1 aromatic heterocycles. The molecular formula is C20H16ClF2N3O. The van der Waals surface area contributed by atoms with Gasteiger partial charge in [0.05, 0.1) is 11.3 Å². The van der Waals surface area contributed by atoms with Crippen LogP contribution in [0.15, 0.2) is 60.9 Å². The maximum atomic E-state index is 13.2. The van der Waals surface area contributed by atoms with E-state index in [2.05, 4.69) is 15.6 Å². The zero-order chi connectivity index (χ0) is 19.2. The van der Waals surface area contributed by atoms with Crippen molar-refractivity contribution in [2.75, 3.05) is 17.2 Å². The highest BCUT2D eigenvalue weighted by Crippen LogP contribution is 2.16. The normalized spacial score (nSPS) is 10.5. The van der Waals surface area contributed by atoms with Gasteiger partial charge in [-0.15, -0.1) is 0 Å². The van der Waals surface area contributed by atoms with E-state index in [4.69, 9.17) is 11.6 Å². The summed E-state index contributed by atoms with van der Waals surface area (Å²) in [7, 11) is 0.